The Bertz CT molecular complexity index is 779. The summed E-state index contributed by atoms with van der Waals surface area (Å²) in [5.41, 5.74) is 1.36. The van der Waals surface area contributed by atoms with Crippen molar-refractivity contribution in [3.05, 3.63) is 46.1 Å². The Morgan fingerprint density at radius 3 is 2.52 bits per heavy atom. The molecular weight excluding hydrogens is 333 g/mol. The first kappa shape index (κ1) is 15.9. The molecule has 1 aromatic heterocycles. The smallest absolute Gasteiger partial charge is 0.281 e. The lowest BCUT2D eigenvalue weighted by Gasteiger charge is -2.13. The second-order valence-corrected chi connectivity index (χ2v) is 6.70. The third-order valence-electron chi connectivity index (χ3n) is 2.79. The van der Waals surface area contributed by atoms with Crippen LogP contribution in [0, 0.1) is 6.92 Å². The number of benzene rings is 1. The summed E-state index contributed by atoms with van der Waals surface area (Å²) in [6, 6.07) is 6.32. The minimum absolute atomic E-state index is 0.111. The Morgan fingerprint density at radius 1 is 1.14 bits per heavy atom. The summed E-state index contributed by atoms with van der Waals surface area (Å²) in [4.78, 5) is 3.90. The van der Waals surface area contributed by atoms with Crippen LogP contribution in [-0.4, -0.2) is 20.4 Å². The van der Waals surface area contributed by atoms with E-state index in [-0.39, 0.29) is 15.7 Å². The Kier molecular flexibility index (Phi) is 4.61. The number of aromatic nitrogens is 1. The van der Waals surface area contributed by atoms with Crippen molar-refractivity contribution in [2.45, 2.75) is 11.9 Å². The van der Waals surface area contributed by atoms with Crippen LogP contribution in [0.15, 0.2) is 35.5 Å². The number of hydrogen-bond acceptors (Lipinski definition) is 4. The fraction of sp³-hybridized carbons (Fsp3) is 0.154. The van der Waals surface area contributed by atoms with Crippen LogP contribution in [-0.2, 0) is 10.0 Å². The molecule has 2 N–H and O–H groups in total. The van der Waals surface area contributed by atoms with Gasteiger partial charge in [0.1, 0.15) is 0 Å². The molecule has 0 saturated carbocycles. The van der Waals surface area contributed by atoms with E-state index in [1.807, 2.05) is 0 Å². The van der Waals surface area contributed by atoms with Gasteiger partial charge < -0.3 is 5.32 Å². The number of anilines is 2. The van der Waals surface area contributed by atoms with Gasteiger partial charge in [0.25, 0.3) is 10.0 Å². The van der Waals surface area contributed by atoms with Crippen molar-refractivity contribution in [1.29, 1.82) is 0 Å². The zero-order valence-electron chi connectivity index (χ0n) is 11.3. The van der Waals surface area contributed by atoms with Crippen molar-refractivity contribution in [1.82, 2.24) is 4.98 Å². The van der Waals surface area contributed by atoms with Gasteiger partial charge in [0.15, 0.2) is 5.03 Å². The summed E-state index contributed by atoms with van der Waals surface area (Å²) in [5.74, 6) is 0. The summed E-state index contributed by atoms with van der Waals surface area (Å²) < 4.78 is 27.2. The fourth-order valence-electron chi connectivity index (χ4n) is 1.71. The molecule has 0 aliphatic carbocycles. The highest BCUT2D eigenvalue weighted by Gasteiger charge is 2.21. The van der Waals surface area contributed by atoms with E-state index in [1.165, 1.54) is 12.3 Å². The SMILES string of the molecule is CNc1cccnc1S(=O)(=O)Nc1cc(Cl)c(C)cc1Cl. The molecule has 0 fully saturated rings. The summed E-state index contributed by atoms with van der Waals surface area (Å²) >= 11 is 12.0. The maximum atomic E-state index is 12.4. The molecule has 0 atom stereocenters. The lowest BCUT2D eigenvalue weighted by molar-refractivity contribution is 0.598. The van der Waals surface area contributed by atoms with Crippen LogP contribution in [0.2, 0.25) is 10.0 Å². The third kappa shape index (κ3) is 3.40. The zero-order chi connectivity index (χ0) is 15.6. The number of nitrogens with one attached hydrogen (secondary N) is 2. The maximum Gasteiger partial charge on any atom is 0.281 e. The van der Waals surface area contributed by atoms with E-state index in [1.54, 1.807) is 32.2 Å². The van der Waals surface area contributed by atoms with Gasteiger partial charge in [0.05, 0.1) is 16.4 Å². The van der Waals surface area contributed by atoms with Gasteiger partial charge in [0, 0.05) is 18.3 Å². The number of rotatable bonds is 4. The molecule has 0 aliphatic heterocycles. The molecule has 0 radical (unpaired) electrons. The second kappa shape index (κ2) is 6.09. The van der Waals surface area contributed by atoms with E-state index in [4.69, 9.17) is 23.2 Å². The number of nitrogens with zero attached hydrogens (tertiary/aromatic N) is 1. The van der Waals surface area contributed by atoms with Gasteiger partial charge in [-0.05, 0) is 36.8 Å². The third-order valence-corrected chi connectivity index (χ3v) is 4.83. The molecule has 0 aliphatic rings. The quantitative estimate of drug-likeness (QED) is 0.888. The van der Waals surface area contributed by atoms with Crippen molar-refractivity contribution in [2.24, 2.45) is 0 Å². The largest absolute Gasteiger partial charge is 0.386 e. The van der Waals surface area contributed by atoms with E-state index < -0.39 is 10.0 Å². The van der Waals surface area contributed by atoms with Crippen molar-refractivity contribution in [2.75, 3.05) is 17.1 Å². The van der Waals surface area contributed by atoms with Gasteiger partial charge in [-0.15, -0.1) is 0 Å². The molecule has 0 bridgehead atoms. The predicted octanol–water partition coefficient (Wildman–Crippen LogP) is 3.54. The molecule has 21 heavy (non-hydrogen) atoms. The van der Waals surface area contributed by atoms with Crippen LogP contribution in [0.25, 0.3) is 0 Å². The summed E-state index contributed by atoms with van der Waals surface area (Å²) in [6.45, 7) is 1.78. The van der Waals surface area contributed by atoms with E-state index in [2.05, 4.69) is 15.0 Å². The standard InChI is InChI=1S/C13H13Cl2N3O2S/c1-8-6-10(15)12(7-9(8)14)18-21(19,20)13-11(16-2)4-3-5-17-13/h3-7,16,18H,1-2H3. The van der Waals surface area contributed by atoms with E-state index in [0.717, 1.165) is 5.56 Å². The van der Waals surface area contributed by atoms with Gasteiger partial charge in [-0.1, -0.05) is 23.2 Å². The number of halogens is 2. The zero-order valence-corrected chi connectivity index (χ0v) is 13.6. The number of hydrogen-bond donors (Lipinski definition) is 2. The molecule has 2 aromatic rings. The maximum absolute atomic E-state index is 12.4. The van der Waals surface area contributed by atoms with Crippen LogP contribution in [0.3, 0.4) is 0 Å². The van der Waals surface area contributed by atoms with Crippen LogP contribution in [0.1, 0.15) is 5.56 Å². The minimum atomic E-state index is -3.87. The topological polar surface area (TPSA) is 71.1 Å². The van der Waals surface area contributed by atoms with Gasteiger partial charge in [-0.25, -0.2) is 4.98 Å². The van der Waals surface area contributed by atoms with Gasteiger partial charge in [0.2, 0.25) is 0 Å². The second-order valence-electron chi connectivity index (χ2n) is 4.29. The first-order chi connectivity index (χ1) is 9.85. The summed E-state index contributed by atoms with van der Waals surface area (Å²) in [6.07, 6.45) is 1.40. The molecule has 2 rings (SSSR count). The molecule has 112 valence electrons. The first-order valence-electron chi connectivity index (χ1n) is 5.96. The summed E-state index contributed by atoms with van der Waals surface area (Å²) in [7, 11) is -2.26. The average molecular weight is 346 g/mol. The van der Waals surface area contributed by atoms with Crippen LogP contribution in [0.4, 0.5) is 11.4 Å². The van der Waals surface area contributed by atoms with E-state index >= 15 is 0 Å². The highest BCUT2D eigenvalue weighted by atomic mass is 35.5. The van der Waals surface area contributed by atoms with Crippen molar-refractivity contribution in [3.8, 4) is 0 Å². The Hall–Kier alpha value is -1.50. The van der Waals surface area contributed by atoms with Crippen molar-refractivity contribution < 1.29 is 8.42 Å². The van der Waals surface area contributed by atoms with E-state index in [9.17, 15) is 8.42 Å². The number of sulfonamides is 1. The monoisotopic (exact) mass is 345 g/mol. The van der Waals surface area contributed by atoms with Crippen LogP contribution < -0.4 is 10.0 Å². The molecule has 1 aromatic carbocycles. The highest BCUT2D eigenvalue weighted by molar-refractivity contribution is 7.92. The van der Waals surface area contributed by atoms with Crippen LogP contribution in [0.5, 0.6) is 0 Å². The Morgan fingerprint density at radius 2 is 1.86 bits per heavy atom. The van der Waals surface area contributed by atoms with Gasteiger partial charge >= 0.3 is 0 Å². The Labute approximate surface area is 133 Å². The molecule has 5 nitrogen and oxygen atoms in total. The molecular formula is C13H13Cl2N3O2S. The average Bonchev–Trinajstić information content (AvgIpc) is 2.44. The molecule has 8 heteroatoms. The highest BCUT2D eigenvalue weighted by Crippen LogP contribution is 2.31. The molecule has 0 saturated heterocycles. The number of aryl methyl sites for hydroxylation is 1. The van der Waals surface area contributed by atoms with Crippen molar-refractivity contribution in [3.63, 3.8) is 0 Å². The van der Waals surface area contributed by atoms with Gasteiger partial charge in [-0.3, -0.25) is 4.72 Å². The van der Waals surface area contributed by atoms with Crippen molar-refractivity contribution >= 4 is 44.6 Å². The van der Waals surface area contributed by atoms with Gasteiger partial charge in [-0.2, -0.15) is 8.42 Å². The fourth-order valence-corrected chi connectivity index (χ4v) is 3.41. The lowest BCUT2D eigenvalue weighted by Crippen LogP contribution is -2.16. The molecule has 0 amide bonds. The molecule has 1 heterocycles. The lowest BCUT2D eigenvalue weighted by atomic mass is 10.2. The van der Waals surface area contributed by atoms with Crippen LogP contribution >= 0.6 is 23.2 Å². The normalized spacial score (nSPS) is 11.2. The first-order valence-corrected chi connectivity index (χ1v) is 8.20. The predicted molar refractivity (Wildman–Crippen MR) is 85.8 cm³/mol. The molecule has 0 unspecified atom stereocenters. The molecule has 0 spiro atoms. The summed E-state index contributed by atoms with van der Waals surface area (Å²) in [5, 5.41) is 3.36. The number of pyridine rings is 1. The Balaban J connectivity index is 2.45. The minimum Gasteiger partial charge on any atom is -0.386 e. The van der Waals surface area contributed by atoms with E-state index in [0.29, 0.717) is 10.7 Å².